The molecule has 0 unspecified atom stereocenters. The summed E-state index contributed by atoms with van der Waals surface area (Å²) in [5.41, 5.74) is 2.41. The summed E-state index contributed by atoms with van der Waals surface area (Å²) in [6.45, 7) is 4.06. The Hall–Kier alpha value is -1.80. The van der Waals surface area contributed by atoms with Gasteiger partial charge in [-0.1, -0.05) is 50.2 Å². The SMILES string of the molecule is CCC(O)(CC)c1ccccc1N(C)c1ccccc1. The van der Waals surface area contributed by atoms with Gasteiger partial charge < -0.3 is 10.0 Å². The predicted molar refractivity (Wildman–Crippen MR) is 85.4 cm³/mol. The van der Waals surface area contributed by atoms with Crippen LogP contribution in [-0.2, 0) is 5.60 Å². The van der Waals surface area contributed by atoms with Gasteiger partial charge in [-0.15, -0.1) is 0 Å². The molecule has 2 aromatic carbocycles. The number of anilines is 2. The molecule has 0 aromatic heterocycles. The van der Waals surface area contributed by atoms with Gasteiger partial charge in [-0.25, -0.2) is 0 Å². The quantitative estimate of drug-likeness (QED) is 0.866. The molecule has 0 fully saturated rings. The Morgan fingerprint density at radius 2 is 1.45 bits per heavy atom. The summed E-state index contributed by atoms with van der Waals surface area (Å²) >= 11 is 0. The number of hydrogen-bond acceptors (Lipinski definition) is 2. The van der Waals surface area contributed by atoms with Gasteiger partial charge in [0.2, 0.25) is 0 Å². The van der Waals surface area contributed by atoms with Crippen LogP contribution in [-0.4, -0.2) is 12.2 Å². The monoisotopic (exact) mass is 269 g/mol. The first-order valence-electron chi connectivity index (χ1n) is 7.23. The molecule has 1 N–H and O–H groups in total. The van der Waals surface area contributed by atoms with Gasteiger partial charge in [0.15, 0.2) is 0 Å². The van der Waals surface area contributed by atoms with Gasteiger partial charge in [-0.3, -0.25) is 0 Å². The van der Waals surface area contributed by atoms with Crippen LogP contribution in [0.5, 0.6) is 0 Å². The Balaban J connectivity index is 2.48. The lowest BCUT2D eigenvalue weighted by atomic mass is 9.87. The van der Waals surface area contributed by atoms with Crippen molar-refractivity contribution in [2.45, 2.75) is 32.3 Å². The van der Waals surface area contributed by atoms with Crippen molar-refractivity contribution in [2.24, 2.45) is 0 Å². The molecule has 20 heavy (non-hydrogen) atoms. The first kappa shape index (κ1) is 14.6. The highest BCUT2D eigenvalue weighted by molar-refractivity contribution is 5.66. The van der Waals surface area contributed by atoms with E-state index in [4.69, 9.17) is 0 Å². The molecule has 0 radical (unpaired) electrons. The van der Waals surface area contributed by atoms with Crippen LogP contribution in [0.15, 0.2) is 54.6 Å². The van der Waals surface area contributed by atoms with Crippen molar-refractivity contribution in [3.63, 3.8) is 0 Å². The van der Waals surface area contributed by atoms with E-state index in [2.05, 4.69) is 23.1 Å². The third kappa shape index (κ3) is 2.70. The molecule has 0 bridgehead atoms. The number of para-hydroxylation sites is 2. The van der Waals surface area contributed by atoms with E-state index in [1.54, 1.807) is 0 Å². The molecule has 0 heterocycles. The topological polar surface area (TPSA) is 23.5 Å². The maximum absolute atomic E-state index is 10.9. The summed E-state index contributed by atoms with van der Waals surface area (Å²) < 4.78 is 0. The smallest absolute Gasteiger partial charge is 0.0911 e. The van der Waals surface area contributed by atoms with E-state index in [0.29, 0.717) is 12.8 Å². The van der Waals surface area contributed by atoms with Crippen molar-refractivity contribution in [1.29, 1.82) is 0 Å². The lowest BCUT2D eigenvalue weighted by molar-refractivity contribution is 0.0289. The Morgan fingerprint density at radius 1 is 0.900 bits per heavy atom. The largest absolute Gasteiger partial charge is 0.385 e. The van der Waals surface area contributed by atoms with Crippen molar-refractivity contribution in [3.05, 3.63) is 60.2 Å². The highest BCUT2D eigenvalue weighted by Gasteiger charge is 2.28. The van der Waals surface area contributed by atoms with Crippen LogP contribution < -0.4 is 4.90 Å². The third-order valence-corrected chi connectivity index (χ3v) is 4.08. The molecular weight excluding hydrogens is 246 g/mol. The first-order valence-corrected chi connectivity index (χ1v) is 7.23. The summed E-state index contributed by atoms with van der Waals surface area (Å²) in [7, 11) is 2.04. The number of rotatable bonds is 5. The van der Waals surface area contributed by atoms with Gasteiger partial charge in [0, 0.05) is 24.0 Å². The molecule has 2 aromatic rings. The first-order chi connectivity index (χ1) is 9.62. The molecule has 0 aliphatic carbocycles. The molecule has 0 aliphatic heterocycles. The molecule has 2 nitrogen and oxygen atoms in total. The number of hydrogen-bond donors (Lipinski definition) is 1. The molecule has 0 amide bonds. The average Bonchev–Trinajstić information content (AvgIpc) is 2.54. The minimum atomic E-state index is -0.764. The van der Waals surface area contributed by atoms with Gasteiger partial charge in [-0.05, 0) is 31.0 Å². The fourth-order valence-corrected chi connectivity index (χ4v) is 2.58. The molecule has 0 saturated heterocycles. The lowest BCUT2D eigenvalue weighted by Crippen LogP contribution is -2.26. The summed E-state index contributed by atoms with van der Waals surface area (Å²) in [6, 6.07) is 18.3. The zero-order chi connectivity index (χ0) is 14.6. The second-order valence-corrected chi connectivity index (χ2v) is 5.15. The minimum absolute atomic E-state index is 0.711. The number of aliphatic hydroxyl groups is 1. The fraction of sp³-hybridized carbons (Fsp3) is 0.333. The fourth-order valence-electron chi connectivity index (χ4n) is 2.58. The van der Waals surface area contributed by atoms with Crippen molar-refractivity contribution in [1.82, 2.24) is 0 Å². The molecule has 0 aliphatic rings. The summed E-state index contributed by atoms with van der Waals surface area (Å²) in [4.78, 5) is 2.13. The molecular formula is C18H23NO. The van der Waals surface area contributed by atoms with E-state index in [1.165, 1.54) is 0 Å². The Labute approximate surface area is 121 Å². The third-order valence-electron chi connectivity index (χ3n) is 4.08. The zero-order valence-corrected chi connectivity index (χ0v) is 12.5. The van der Waals surface area contributed by atoms with Crippen LogP contribution in [0.3, 0.4) is 0 Å². The second kappa shape index (κ2) is 6.10. The lowest BCUT2D eigenvalue weighted by Gasteiger charge is -2.32. The summed E-state index contributed by atoms with van der Waals surface area (Å²) in [6.07, 6.45) is 1.42. The maximum atomic E-state index is 10.9. The predicted octanol–water partition coefficient (Wildman–Crippen LogP) is 4.46. The standard InChI is InChI=1S/C18H23NO/c1-4-18(20,5-2)16-13-9-10-14-17(16)19(3)15-11-7-6-8-12-15/h6-14,20H,4-5H2,1-3H3. The minimum Gasteiger partial charge on any atom is -0.385 e. The molecule has 0 spiro atoms. The van der Waals surface area contributed by atoms with Gasteiger partial charge in [0.1, 0.15) is 0 Å². The summed E-state index contributed by atoms with van der Waals surface area (Å²) in [5, 5.41) is 10.9. The van der Waals surface area contributed by atoms with Crippen molar-refractivity contribution in [2.75, 3.05) is 11.9 Å². The van der Waals surface area contributed by atoms with E-state index < -0.39 is 5.60 Å². The molecule has 0 atom stereocenters. The molecule has 0 saturated carbocycles. The van der Waals surface area contributed by atoms with Crippen molar-refractivity contribution >= 4 is 11.4 Å². The van der Waals surface area contributed by atoms with Crippen LogP contribution >= 0.6 is 0 Å². The summed E-state index contributed by atoms with van der Waals surface area (Å²) in [5.74, 6) is 0. The van der Waals surface area contributed by atoms with Crippen LogP contribution in [0, 0.1) is 0 Å². The van der Waals surface area contributed by atoms with E-state index in [-0.39, 0.29) is 0 Å². The Morgan fingerprint density at radius 3 is 2.05 bits per heavy atom. The highest BCUT2D eigenvalue weighted by Crippen LogP contribution is 2.37. The second-order valence-electron chi connectivity index (χ2n) is 5.15. The van der Waals surface area contributed by atoms with E-state index >= 15 is 0 Å². The Bertz CT molecular complexity index is 546. The van der Waals surface area contributed by atoms with Gasteiger partial charge in [0.05, 0.1) is 5.60 Å². The van der Waals surface area contributed by atoms with Gasteiger partial charge >= 0.3 is 0 Å². The van der Waals surface area contributed by atoms with Gasteiger partial charge in [0.25, 0.3) is 0 Å². The maximum Gasteiger partial charge on any atom is 0.0911 e. The number of nitrogens with zero attached hydrogens (tertiary/aromatic N) is 1. The highest BCUT2D eigenvalue weighted by atomic mass is 16.3. The number of benzene rings is 2. The van der Waals surface area contributed by atoms with Crippen molar-refractivity contribution < 1.29 is 5.11 Å². The van der Waals surface area contributed by atoms with Crippen LogP contribution in [0.2, 0.25) is 0 Å². The molecule has 106 valence electrons. The average molecular weight is 269 g/mol. The zero-order valence-electron chi connectivity index (χ0n) is 12.5. The van der Waals surface area contributed by atoms with Crippen LogP contribution in [0.4, 0.5) is 11.4 Å². The van der Waals surface area contributed by atoms with Crippen LogP contribution in [0.1, 0.15) is 32.3 Å². The Kier molecular flexibility index (Phi) is 4.46. The van der Waals surface area contributed by atoms with E-state index in [0.717, 1.165) is 16.9 Å². The van der Waals surface area contributed by atoms with Crippen LogP contribution in [0.25, 0.3) is 0 Å². The molecule has 2 heteroatoms. The van der Waals surface area contributed by atoms with E-state index in [1.807, 2.05) is 57.3 Å². The van der Waals surface area contributed by atoms with Gasteiger partial charge in [-0.2, -0.15) is 0 Å². The van der Waals surface area contributed by atoms with Crippen molar-refractivity contribution in [3.8, 4) is 0 Å². The van der Waals surface area contributed by atoms with E-state index in [9.17, 15) is 5.11 Å². The normalized spacial score (nSPS) is 11.4. The molecule has 2 rings (SSSR count).